The van der Waals surface area contributed by atoms with E-state index in [2.05, 4.69) is 50.6 Å². The van der Waals surface area contributed by atoms with E-state index in [1.54, 1.807) is 0 Å². The fourth-order valence-corrected chi connectivity index (χ4v) is 11.1. The molecule has 3 rings (SSSR count). The molecular formula is C63H117N3O7Zn. The predicted molar refractivity (Wildman–Crippen MR) is 301 cm³/mol. The first-order valence-electron chi connectivity index (χ1n) is 31.6. The number of nitrogens with one attached hydrogen (secondary N) is 3. The van der Waals surface area contributed by atoms with Gasteiger partial charge in [0, 0.05) is 42.9 Å². The third kappa shape index (κ3) is 45.0. The average molecular weight is 1090 g/mol. The number of hydrogen-bond acceptors (Lipinski definition) is 7. The summed E-state index contributed by atoms with van der Waals surface area (Å²) in [6.07, 6.45) is 52.7. The second-order valence-corrected chi connectivity index (χ2v) is 23.8. The molecule has 3 aliphatic rings. The summed E-state index contributed by atoms with van der Waals surface area (Å²) in [6, 6.07) is 0.576. The Balaban J connectivity index is 0.00000114. The van der Waals surface area contributed by atoms with Crippen molar-refractivity contribution in [2.75, 3.05) is 0 Å². The van der Waals surface area contributed by atoms with Gasteiger partial charge in [-0.05, 0) is 120 Å². The van der Waals surface area contributed by atoms with Crippen molar-refractivity contribution < 1.29 is 53.7 Å². The summed E-state index contributed by atoms with van der Waals surface area (Å²) < 4.78 is 0. The summed E-state index contributed by atoms with van der Waals surface area (Å²) in [5, 5.41) is 29.9. The van der Waals surface area contributed by atoms with Gasteiger partial charge < -0.3 is 35.8 Å². The van der Waals surface area contributed by atoms with Gasteiger partial charge in [-0.15, -0.1) is 0 Å². The minimum absolute atomic E-state index is 0. The van der Waals surface area contributed by atoms with Gasteiger partial charge in [0.05, 0.1) is 5.92 Å². The molecule has 0 spiro atoms. The van der Waals surface area contributed by atoms with Crippen molar-refractivity contribution in [3.05, 3.63) is 0 Å². The van der Waals surface area contributed by atoms with Crippen molar-refractivity contribution in [2.24, 2.45) is 23.7 Å². The second kappa shape index (κ2) is 50.5. The molecule has 3 amide bonds. The van der Waals surface area contributed by atoms with Crippen LogP contribution in [0.5, 0.6) is 0 Å². The van der Waals surface area contributed by atoms with E-state index in [-0.39, 0.29) is 81.0 Å². The summed E-state index contributed by atoms with van der Waals surface area (Å²) in [5.41, 5.74) is 0. The molecule has 428 valence electrons. The van der Waals surface area contributed by atoms with Gasteiger partial charge in [0.25, 0.3) is 0 Å². The Morgan fingerprint density at radius 1 is 0.351 bits per heavy atom. The van der Waals surface area contributed by atoms with E-state index < -0.39 is 17.9 Å². The Labute approximate surface area is 468 Å². The smallest absolute Gasteiger partial charge is 0.550 e. The van der Waals surface area contributed by atoms with E-state index in [9.17, 15) is 34.2 Å². The molecule has 0 aromatic rings. The van der Waals surface area contributed by atoms with Crippen molar-refractivity contribution in [3.8, 4) is 0 Å². The molecule has 3 saturated carbocycles. The zero-order chi connectivity index (χ0) is 53.6. The standard InChI is InChI=1S/C27H47N3O3.2C18H36O2.Zn/c1-18-4-10-22(11-5-18)28-25(31)16-21(27(33)30-24-14-8-20(3)9-15-24)17-26(32)29-23-12-6-19(2)7-13-23;2*1-2-3-4-5-6-7-8-9-10-11-12-13-14-15-16-17-18(19)20;/h18-24H,4-17H2,1-3H3,(H,28,31)(H,29,32)(H,30,33);2*2-17H2,1H3,(H,19,20);/q;;;+2/p-2. The molecule has 0 atom stereocenters. The number of carboxylic acid groups (broad SMARTS) is 2. The summed E-state index contributed by atoms with van der Waals surface area (Å²) in [7, 11) is 0. The molecular weight excluding hydrogens is 976 g/mol. The van der Waals surface area contributed by atoms with Crippen molar-refractivity contribution in [3.63, 3.8) is 0 Å². The van der Waals surface area contributed by atoms with Crippen LogP contribution < -0.4 is 26.2 Å². The monoisotopic (exact) mass is 1090 g/mol. The quantitative estimate of drug-likeness (QED) is 0.0405. The number of amides is 3. The maximum atomic E-state index is 13.2. The van der Waals surface area contributed by atoms with Crippen LogP contribution in [0, 0.1) is 23.7 Å². The van der Waals surface area contributed by atoms with Crippen molar-refractivity contribution in [1.82, 2.24) is 16.0 Å². The normalized spacial score (nSPS) is 20.8. The van der Waals surface area contributed by atoms with Crippen LogP contribution in [0.2, 0.25) is 0 Å². The second-order valence-electron chi connectivity index (χ2n) is 23.8. The number of rotatable bonds is 40. The van der Waals surface area contributed by atoms with Crippen molar-refractivity contribution >= 4 is 29.7 Å². The number of aliphatic carboxylic acids is 2. The largest absolute Gasteiger partial charge is 2.00 e. The molecule has 0 aromatic carbocycles. The van der Waals surface area contributed by atoms with Crippen LogP contribution in [0.1, 0.15) is 330 Å². The van der Waals surface area contributed by atoms with E-state index >= 15 is 0 Å². The fourth-order valence-electron chi connectivity index (χ4n) is 11.1. The molecule has 0 aliphatic heterocycles. The van der Waals surface area contributed by atoms with Gasteiger partial charge >= 0.3 is 19.5 Å². The molecule has 3 fully saturated rings. The zero-order valence-corrected chi connectivity index (χ0v) is 52.1. The van der Waals surface area contributed by atoms with Crippen molar-refractivity contribution in [2.45, 2.75) is 348 Å². The molecule has 11 heteroatoms. The van der Waals surface area contributed by atoms with E-state index in [1.807, 2.05) is 0 Å². The maximum Gasteiger partial charge on any atom is 2.00 e. The van der Waals surface area contributed by atoms with Gasteiger partial charge in [-0.3, -0.25) is 14.4 Å². The molecule has 0 radical (unpaired) electrons. The maximum absolute atomic E-state index is 13.2. The Hall–Kier alpha value is -2.03. The summed E-state index contributed by atoms with van der Waals surface area (Å²) in [6.45, 7) is 11.3. The van der Waals surface area contributed by atoms with E-state index in [1.165, 1.54) is 167 Å². The van der Waals surface area contributed by atoms with Crippen LogP contribution in [0.4, 0.5) is 0 Å². The Kier molecular flexibility index (Phi) is 49.1. The Bertz CT molecular complexity index is 1260. The molecule has 0 aromatic heterocycles. The SMILES string of the molecule is CC1CCC(NC(=O)CC(CC(=O)NC2CCC(C)CC2)C(=O)NC2CCC(C)CC2)CC1.CCCCCCCCCCCCCCCCCC(=O)[O-].CCCCCCCCCCCCCCCCCC(=O)[O-].[Zn+2]. The first kappa shape index (κ1) is 72.0. The molecule has 3 N–H and O–H groups in total. The first-order valence-corrected chi connectivity index (χ1v) is 31.6. The number of unbranched alkanes of at least 4 members (excludes halogenated alkanes) is 28. The Morgan fingerprint density at radius 3 is 0.797 bits per heavy atom. The van der Waals surface area contributed by atoms with Gasteiger partial charge in [-0.1, -0.05) is 214 Å². The van der Waals surface area contributed by atoms with Gasteiger partial charge in [0.1, 0.15) is 0 Å². The van der Waals surface area contributed by atoms with E-state index in [0.717, 1.165) is 115 Å². The summed E-state index contributed by atoms with van der Waals surface area (Å²) in [5.74, 6) is -0.565. The molecule has 3 aliphatic carbocycles. The van der Waals surface area contributed by atoms with Crippen LogP contribution in [-0.4, -0.2) is 47.8 Å². The van der Waals surface area contributed by atoms with Gasteiger partial charge in [-0.25, -0.2) is 0 Å². The number of carbonyl (C=O) groups excluding carboxylic acids is 5. The molecule has 74 heavy (non-hydrogen) atoms. The van der Waals surface area contributed by atoms with E-state index in [0.29, 0.717) is 5.92 Å². The third-order valence-electron chi connectivity index (χ3n) is 16.3. The molecule has 0 bridgehead atoms. The molecule has 0 saturated heterocycles. The van der Waals surface area contributed by atoms with Gasteiger partial charge in [0.15, 0.2) is 0 Å². The van der Waals surface area contributed by atoms with Crippen LogP contribution in [-0.2, 0) is 43.5 Å². The topological polar surface area (TPSA) is 168 Å². The fraction of sp³-hybridized carbons (Fsp3) is 0.921. The first-order chi connectivity index (χ1) is 35.3. The number of hydrogen-bond donors (Lipinski definition) is 3. The molecule has 10 nitrogen and oxygen atoms in total. The predicted octanol–water partition coefficient (Wildman–Crippen LogP) is 14.5. The Morgan fingerprint density at radius 2 is 0.568 bits per heavy atom. The summed E-state index contributed by atoms with van der Waals surface area (Å²) >= 11 is 0. The van der Waals surface area contributed by atoms with Crippen LogP contribution in [0.25, 0.3) is 0 Å². The minimum atomic E-state index is -0.903. The summed E-state index contributed by atoms with van der Waals surface area (Å²) in [4.78, 5) is 59.3. The number of carboxylic acids is 2. The molecule has 0 unspecified atom stereocenters. The zero-order valence-electron chi connectivity index (χ0n) is 49.1. The van der Waals surface area contributed by atoms with Crippen molar-refractivity contribution in [1.29, 1.82) is 0 Å². The van der Waals surface area contributed by atoms with E-state index in [4.69, 9.17) is 0 Å². The van der Waals surface area contributed by atoms with Gasteiger partial charge in [-0.2, -0.15) is 0 Å². The average Bonchev–Trinajstić information content (AvgIpc) is 3.36. The van der Waals surface area contributed by atoms with Crippen LogP contribution in [0.3, 0.4) is 0 Å². The molecule has 0 heterocycles. The third-order valence-corrected chi connectivity index (χ3v) is 16.3. The van der Waals surface area contributed by atoms with Crippen LogP contribution >= 0.6 is 0 Å². The van der Waals surface area contributed by atoms with Crippen LogP contribution in [0.15, 0.2) is 0 Å². The van der Waals surface area contributed by atoms with Gasteiger partial charge in [0.2, 0.25) is 17.7 Å². The minimum Gasteiger partial charge on any atom is -0.550 e. The number of carbonyl (C=O) groups is 5.